The smallest absolute Gasteiger partial charge is 0.305 e. The molecule has 0 aliphatic heterocycles. The Morgan fingerprint density at radius 3 is 2.54 bits per heavy atom. The lowest BCUT2D eigenvalue weighted by Gasteiger charge is -2.27. The van der Waals surface area contributed by atoms with Crippen molar-refractivity contribution in [3.05, 3.63) is 41.7 Å². The minimum atomic E-state index is -0.907. The number of aryl methyl sites for hydroxylation is 1. The first-order valence-corrected chi connectivity index (χ1v) is 8.06. The van der Waals surface area contributed by atoms with Crippen molar-refractivity contribution in [1.29, 1.82) is 0 Å². The van der Waals surface area contributed by atoms with Gasteiger partial charge in [-0.15, -0.1) is 0 Å². The van der Waals surface area contributed by atoms with Crippen molar-refractivity contribution in [1.82, 2.24) is 10.5 Å². The molecular weight excluding hydrogens is 308 g/mol. The van der Waals surface area contributed by atoms with Crippen molar-refractivity contribution >= 4 is 11.9 Å². The van der Waals surface area contributed by atoms with Gasteiger partial charge in [-0.2, -0.15) is 0 Å². The standard InChI is InChI=1S/C18H20N2O4/c1-12-4-6-13(7-5-12)14-10-15(24-20-14)17(23)19-18(11-16(21)22)8-2-3-9-18/h4-7,10H,2-3,8-9,11H2,1H3,(H,19,23)(H,21,22). The Morgan fingerprint density at radius 1 is 1.25 bits per heavy atom. The van der Waals surface area contributed by atoms with Crippen LogP contribution >= 0.6 is 0 Å². The molecule has 1 saturated carbocycles. The molecule has 1 aromatic heterocycles. The van der Waals surface area contributed by atoms with Crippen LogP contribution in [-0.4, -0.2) is 27.7 Å². The van der Waals surface area contributed by atoms with Gasteiger partial charge in [-0.05, 0) is 19.8 Å². The molecule has 2 aromatic rings. The molecule has 1 aliphatic rings. The van der Waals surface area contributed by atoms with Crippen LogP contribution in [0.15, 0.2) is 34.9 Å². The van der Waals surface area contributed by atoms with Crippen molar-refractivity contribution in [2.45, 2.75) is 44.6 Å². The number of nitrogens with zero attached hydrogens (tertiary/aromatic N) is 1. The fourth-order valence-corrected chi connectivity index (χ4v) is 3.23. The molecule has 0 radical (unpaired) electrons. The number of amides is 1. The largest absolute Gasteiger partial charge is 0.481 e. The third-order valence-electron chi connectivity index (χ3n) is 4.51. The Kier molecular flexibility index (Phi) is 4.38. The van der Waals surface area contributed by atoms with E-state index in [0.29, 0.717) is 18.5 Å². The average molecular weight is 328 g/mol. The molecule has 0 spiro atoms. The number of carbonyl (C=O) groups is 2. The van der Waals surface area contributed by atoms with Gasteiger partial charge in [-0.1, -0.05) is 47.8 Å². The van der Waals surface area contributed by atoms with E-state index in [0.717, 1.165) is 24.0 Å². The van der Waals surface area contributed by atoms with Gasteiger partial charge in [-0.25, -0.2) is 0 Å². The van der Waals surface area contributed by atoms with Crippen LogP contribution in [0.3, 0.4) is 0 Å². The maximum absolute atomic E-state index is 12.4. The first-order chi connectivity index (χ1) is 11.5. The Bertz CT molecular complexity index is 743. The fraction of sp³-hybridized carbons (Fsp3) is 0.389. The summed E-state index contributed by atoms with van der Waals surface area (Å²) >= 11 is 0. The molecule has 0 unspecified atom stereocenters. The lowest BCUT2D eigenvalue weighted by Crippen LogP contribution is -2.47. The summed E-state index contributed by atoms with van der Waals surface area (Å²) in [4.78, 5) is 23.6. The summed E-state index contributed by atoms with van der Waals surface area (Å²) in [5.41, 5.74) is 1.90. The summed E-state index contributed by atoms with van der Waals surface area (Å²) in [6.07, 6.45) is 3.10. The normalized spacial score (nSPS) is 16.0. The van der Waals surface area contributed by atoms with Crippen molar-refractivity contribution in [2.75, 3.05) is 0 Å². The maximum Gasteiger partial charge on any atom is 0.305 e. The van der Waals surface area contributed by atoms with Gasteiger partial charge in [-0.3, -0.25) is 9.59 Å². The van der Waals surface area contributed by atoms with Crippen LogP contribution in [0.2, 0.25) is 0 Å². The number of hydrogen-bond acceptors (Lipinski definition) is 4. The number of hydrogen-bond donors (Lipinski definition) is 2. The van der Waals surface area contributed by atoms with E-state index in [4.69, 9.17) is 9.63 Å². The molecule has 0 bridgehead atoms. The number of nitrogens with one attached hydrogen (secondary N) is 1. The summed E-state index contributed by atoms with van der Waals surface area (Å²) in [5, 5.41) is 15.9. The van der Waals surface area contributed by atoms with Gasteiger partial charge < -0.3 is 14.9 Å². The summed E-state index contributed by atoms with van der Waals surface area (Å²) in [7, 11) is 0. The molecule has 24 heavy (non-hydrogen) atoms. The molecule has 0 saturated heterocycles. The highest BCUT2D eigenvalue weighted by Crippen LogP contribution is 2.33. The van der Waals surface area contributed by atoms with E-state index in [1.165, 1.54) is 0 Å². The second kappa shape index (κ2) is 6.47. The third-order valence-corrected chi connectivity index (χ3v) is 4.51. The van der Waals surface area contributed by atoms with Gasteiger partial charge in [0.1, 0.15) is 5.69 Å². The zero-order valence-corrected chi connectivity index (χ0v) is 13.5. The zero-order valence-electron chi connectivity index (χ0n) is 13.5. The van der Waals surface area contributed by atoms with Gasteiger partial charge in [0, 0.05) is 11.6 Å². The van der Waals surface area contributed by atoms with Gasteiger partial charge in [0.05, 0.1) is 12.0 Å². The molecule has 1 amide bonds. The Labute approximate surface area is 139 Å². The number of aliphatic carboxylic acids is 1. The van der Waals surface area contributed by atoms with Crippen LogP contribution in [0, 0.1) is 6.92 Å². The summed E-state index contributed by atoms with van der Waals surface area (Å²) in [6, 6.07) is 9.34. The minimum Gasteiger partial charge on any atom is -0.481 e. The van der Waals surface area contributed by atoms with Gasteiger partial charge >= 0.3 is 5.97 Å². The van der Waals surface area contributed by atoms with Gasteiger partial charge in [0.2, 0.25) is 5.76 Å². The number of rotatable bonds is 5. The molecule has 6 heteroatoms. The predicted octanol–water partition coefficient (Wildman–Crippen LogP) is 3.17. The molecule has 3 rings (SSSR count). The Hall–Kier alpha value is -2.63. The van der Waals surface area contributed by atoms with E-state index < -0.39 is 17.4 Å². The molecule has 2 N–H and O–H groups in total. The Morgan fingerprint density at radius 2 is 1.92 bits per heavy atom. The van der Waals surface area contributed by atoms with Crippen LogP contribution < -0.4 is 5.32 Å². The SMILES string of the molecule is Cc1ccc(-c2cc(C(=O)NC3(CC(=O)O)CCCC3)on2)cc1. The van der Waals surface area contributed by atoms with E-state index in [1.54, 1.807) is 6.07 Å². The van der Waals surface area contributed by atoms with Crippen molar-refractivity contribution in [3.63, 3.8) is 0 Å². The molecule has 1 fully saturated rings. The molecule has 126 valence electrons. The molecule has 0 atom stereocenters. The van der Waals surface area contributed by atoms with E-state index in [-0.39, 0.29) is 12.2 Å². The lowest BCUT2D eigenvalue weighted by molar-refractivity contribution is -0.138. The second-order valence-electron chi connectivity index (χ2n) is 6.45. The van der Waals surface area contributed by atoms with Crippen molar-refractivity contribution < 1.29 is 19.2 Å². The van der Waals surface area contributed by atoms with Crippen molar-refractivity contribution in [3.8, 4) is 11.3 Å². The third kappa shape index (κ3) is 3.48. The highest BCUT2D eigenvalue weighted by Gasteiger charge is 2.38. The topological polar surface area (TPSA) is 92.4 Å². The van der Waals surface area contributed by atoms with Crippen molar-refractivity contribution in [2.24, 2.45) is 0 Å². The summed E-state index contributed by atoms with van der Waals surface area (Å²) in [5.74, 6) is -1.22. The first-order valence-electron chi connectivity index (χ1n) is 8.06. The quantitative estimate of drug-likeness (QED) is 0.879. The minimum absolute atomic E-state index is 0.0717. The number of benzene rings is 1. The zero-order chi connectivity index (χ0) is 17.2. The maximum atomic E-state index is 12.4. The van der Waals surface area contributed by atoms with Crippen LogP contribution in [-0.2, 0) is 4.79 Å². The highest BCUT2D eigenvalue weighted by molar-refractivity contribution is 5.93. The molecule has 6 nitrogen and oxygen atoms in total. The first kappa shape index (κ1) is 16.2. The summed E-state index contributed by atoms with van der Waals surface area (Å²) < 4.78 is 5.16. The highest BCUT2D eigenvalue weighted by atomic mass is 16.5. The van der Waals surface area contributed by atoms with E-state index in [1.807, 2.05) is 31.2 Å². The van der Waals surface area contributed by atoms with Gasteiger partial charge in [0.15, 0.2) is 0 Å². The van der Waals surface area contributed by atoms with E-state index >= 15 is 0 Å². The summed E-state index contributed by atoms with van der Waals surface area (Å²) in [6.45, 7) is 1.99. The molecule has 1 aliphatic carbocycles. The van der Waals surface area contributed by atoms with Gasteiger partial charge in [0.25, 0.3) is 5.91 Å². The number of aromatic nitrogens is 1. The fourth-order valence-electron chi connectivity index (χ4n) is 3.23. The number of carboxylic acid groups (broad SMARTS) is 1. The van der Waals surface area contributed by atoms with Crippen LogP contribution in [0.4, 0.5) is 0 Å². The monoisotopic (exact) mass is 328 g/mol. The Balaban J connectivity index is 1.75. The van der Waals surface area contributed by atoms with E-state index in [2.05, 4.69) is 10.5 Å². The number of carbonyl (C=O) groups excluding carboxylic acids is 1. The van der Waals surface area contributed by atoms with Crippen LogP contribution in [0.1, 0.15) is 48.2 Å². The van der Waals surface area contributed by atoms with E-state index in [9.17, 15) is 9.59 Å². The molecular formula is C18H20N2O4. The second-order valence-corrected chi connectivity index (χ2v) is 6.45. The van der Waals surface area contributed by atoms with Crippen LogP contribution in [0.5, 0.6) is 0 Å². The predicted molar refractivity (Wildman–Crippen MR) is 87.6 cm³/mol. The average Bonchev–Trinajstić information content (AvgIpc) is 3.17. The molecule has 1 heterocycles. The van der Waals surface area contributed by atoms with Crippen LogP contribution in [0.25, 0.3) is 11.3 Å². The molecule has 1 aromatic carbocycles. The lowest BCUT2D eigenvalue weighted by atomic mass is 9.93. The number of carboxylic acids is 1.